The SMILES string of the molecule is [2H]C([2H])([2H])Oc1ccc(/C=C/c2cc(OCCCCCCCCCC(=O)O)cc(OC([2H])([2H])[2H])c2)cc1. The van der Waals surface area contributed by atoms with E-state index in [0.29, 0.717) is 24.3 Å². The van der Waals surface area contributed by atoms with Crippen molar-refractivity contribution >= 4 is 18.1 Å². The highest BCUT2D eigenvalue weighted by Crippen LogP contribution is 2.25. The van der Waals surface area contributed by atoms with E-state index >= 15 is 0 Å². The van der Waals surface area contributed by atoms with Crippen LogP contribution in [-0.2, 0) is 4.79 Å². The quantitative estimate of drug-likeness (QED) is 0.258. The van der Waals surface area contributed by atoms with E-state index in [-0.39, 0.29) is 17.9 Å². The molecule has 2 aromatic rings. The molecule has 0 aliphatic carbocycles. The molecular weight excluding hydrogens is 392 g/mol. The van der Waals surface area contributed by atoms with Crippen LogP contribution in [0.5, 0.6) is 17.2 Å². The molecule has 5 nitrogen and oxygen atoms in total. The maximum atomic E-state index is 10.5. The Morgan fingerprint density at radius 3 is 2.13 bits per heavy atom. The van der Waals surface area contributed by atoms with Gasteiger partial charge in [-0.1, -0.05) is 56.4 Å². The molecule has 0 atom stereocenters. The lowest BCUT2D eigenvalue weighted by atomic mass is 10.1. The number of methoxy groups -OCH3 is 2. The minimum atomic E-state index is -2.59. The van der Waals surface area contributed by atoms with Crippen LogP contribution in [0.15, 0.2) is 42.5 Å². The van der Waals surface area contributed by atoms with E-state index in [9.17, 15) is 4.79 Å². The first-order valence-electron chi connectivity index (χ1n) is 13.6. The molecule has 0 amide bonds. The van der Waals surface area contributed by atoms with Gasteiger partial charge in [0.25, 0.3) is 0 Å². The Balaban J connectivity index is 1.91. The van der Waals surface area contributed by atoms with Crippen molar-refractivity contribution in [3.8, 4) is 17.2 Å². The number of carboxylic acids is 1. The fourth-order valence-electron chi connectivity index (χ4n) is 3.12. The van der Waals surface area contributed by atoms with Crippen molar-refractivity contribution in [3.63, 3.8) is 0 Å². The van der Waals surface area contributed by atoms with E-state index < -0.39 is 20.0 Å². The summed E-state index contributed by atoms with van der Waals surface area (Å²) in [6, 6.07) is 11.5. The maximum Gasteiger partial charge on any atom is 0.303 e. The van der Waals surface area contributed by atoms with Gasteiger partial charge in [-0.3, -0.25) is 4.79 Å². The van der Waals surface area contributed by atoms with Gasteiger partial charge in [0.1, 0.15) is 17.2 Å². The molecule has 5 heteroatoms. The fourth-order valence-corrected chi connectivity index (χ4v) is 3.12. The van der Waals surface area contributed by atoms with Crippen LogP contribution < -0.4 is 14.2 Å². The average molecular weight is 433 g/mol. The van der Waals surface area contributed by atoms with Gasteiger partial charge in [-0.2, -0.15) is 0 Å². The summed E-state index contributed by atoms with van der Waals surface area (Å²) in [6.45, 7) is 0.477. The van der Waals surface area contributed by atoms with Crippen molar-refractivity contribution in [2.24, 2.45) is 0 Å². The highest BCUT2D eigenvalue weighted by atomic mass is 16.5. The molecule has 1 N–H and O–H groups in total. The number of benzene rings is 2. The molecule has 0 bridgehead atoms. The predicted octanol–water partition coefficient (Wildman–Crippen LogP) is 6.46. The largest absolute Gasteiger partial charge is 0.497 e. The second-order valence-corrected chi connectivity index (χ2v) is 7.31. The first-order chi connectivity index (χ1) is 17.4. The monoisotopic (exact) mass is 432 g/mol. The average Bonchev–Trinajstić information content (AvgIpc) is 2.77. The molecule has 0 aromatic heterocycles. The van der Waals surface area contributed by atoms with Gasteiger partial charge in [-0.15, -0.1) is 0 Å². The summed E-state index contributed by atoms with van der Waals surface area (Å²) < 4.78 is 59.5. The number of carboxylic acid groups (broad SMARTS) is 1. The Morgan fingerprint density at radius 1 is 0.806 bits per heavy atom. The van der Waals surface area contributed by atoms with E-state index in [2.05, 4.69) is 0 Å². The lowest BCUT2D eigenvalue weighted by Crippen LogP contribution is -1.98. The molecule has 31 heavy (non-hydrogen) atoms. The van der Waals surface area contributed by atoms with Crippen molar-refractivity contribution in [1.82, 2.24) is 0 Å². The standard InChI is InChI=1S/C26H34O5/c1-29-23-15-13-21(14-16-23)11-12-22-18-24(30-2)20-25(19-22)31-17-9-7-5-3-4-6-8-10-26(27)28/h11-16,18-20H,3-10,17H2,1-2H3,(H,27,28)/b12-11+/i1D3,2D3. The highest BCUT2D eigenvalue weighted by Gasteiger charge is 2.02. The smallest absolute Gasteiger partial charge is 0.303 e. The molecule has 0 aliphatic heterocycles. The van der Waals surface area contributed by atoms with E-state index in [1.807, 2.05) is 0 Å². The van der Waals surface area contributed by atoms with E-state index in [0.717, 1.165) is 44.1 Å². The summed E-state index contributed by atoms with van der Waals surface area (Å²) in [5.41, 5.74) is 1.48. The van der Waals surface area contributed by atoms with Crippen molar-refractivity contribution in [3.05, 3.63) is 53.6 Å². The van der Waals surface area contributed by atoms with Crippen molar-refractivity contribution in [2.45, 2.75) is 51.4 Å². The van der Waals surface area contributed by atoms with Crippen LogP contribution in [0.25, 0.3) is 12.2 Å². The molecular formula is C26H34O5. The number of aliphatic carboxylic acids is 1. The molecule has 0 heterocycles. The minimum absolute atomic E-state index is 0.167. The lowest BCUT2D eigenvalue weighted by Gasteiger charge is -2.09. The van der Waals surface area contributed by atoms with E-state index in [1.54, 1.807) is 54.6 Å². The zero-order valence-corrected chi connectivity index (χ0v) is 17.6. The normalized spacial score (nSPS) is 14.6. The van der Waals surface area contributed by atoms with Crippen molar-refractivity contribution in [2.75, 3.05) is 20.7 Å². The second-order valence-electron chi connectivity index (χ2n) is 7.31. The molecule has 0 saturated carbocycles. The summed E-state index contributed by atoms with van der Waals surface area (Å²) in [7, 11) is -5.11. The van der Waals surface area contributed by atoms with Crippen molar-refractivity contribution in [1.29, 1.82) is 0 Å². The van der Waals surface area contributed by atoms with Crippen molar-refractivity contribution < 1.29 is 32.3 Å². The molecule has 0 unspecified atom stereocenters. The van der Waals surface area contributed by atoms with Gasteiger partial charge in [0, 0.05) is 12.5 Å². The summed E-state index contributed by atoms with van der Waals surface area (Å²) >= 11 is 0. The van der Waals surface area contributed by atoms with Gasteiger partial charge < -0.3 is 19.3 Å². The summed E-state index contributed by atoms with van der Waals surface area (Å²) in [4.78, 5) is 10.5. The summed E-state index contributed by atoms with van der Waals surface area (Å²) in [5.74, 6) is 0.150. The van der Waals surface area contributed by atoms with Crippen LogP contribution in [0.2, 0.25) is 0 Å². The molecule has 0 fully saturated rings. The van der Waals surface area contributed by atoms with Crippen LogP contribution in [0.4, 0.5) is 0 Å². The van der Waals surface area contributed by atoms with E-state index in [1.165, 1.54) is 0 Å². The predicted molar refractivity (Wildman–Crippen MR) is 125 cm³/mol. The Labute approximate surface area is 194 Å². The number of carbonyl (C=O) groups is 1. The van der Waals surface area contributed by atoms with Gasteiger partial charge >= 0.3 is 5.97 Å². The molecule has 0 radical (unpaired) electrons. The molecule has 168 valence electrons. The van der Waals surface area contributed by atoms with Gasteiger partial charge in [0.2, 0.25) is 0 Å². The lowest BCUT2D eigenvalue weighted by molar-refractivity contribution is -0.137. The van der Waals surface area contributed by atoms with Crippen LogP contribution in [0, 0.1) is 0 Å². The van der Waals surface area contributed by atoms with Gasteiger partial charge in [0.05, 0.1) is 28.9 Å². The number of unbranched alkanes of at least 4 members (excludes halogenated alkanes) is 6. The third kappa shape index (κ3) is 10.1. The molecule has 0 aliphatic rings. The molecule has 2 aromatic carbocycles. The molecule has 0 saturated heterocycles. The molecule has 2 rings (SSSR count). The maximum absolute atomic E-state index is 10.5. The number of ether oxygens (including phenoxy) is 3. The van der Waals surface area contributed by atoms with Gasteiger partial charge in [-0.25, -0.2) is 0 Å². The summed E-state index contributed by atoms with van der Waals surface area (Å²) in [6.07, 6.45) is 10.4. The van der Waals surface area contributed by atoms with E-state index in [4.69, 9.17) is 27.5 Å². The fraction of sp³-hybridized carbons (Fsp3) is 0.423. The zero-order valence-electron chi connectivity index (χ0n) is 23.6. The van der Waals surface area contributed by atoms with Crippen LogP contribution in [0.3, 0.4) is 0 Å². The number of rotatable bonds is 15. The third-order valence-corrected chi connectivity index (χ3v) is 4.79. The first-order valence-corrected chi connectivity index (χ1v) is 10.6. The van der Waals surface area contributed by atoms with Crippen LogP contribution in [-0.4, -0.2) is 31.8 Å². The Hall–Kier alpha value is -2.95. The van der Waals surface area contributed by atoms with Gasteiger partial charge in [-0.05, 0) is 48.2 Å². The Morgan fingerprint density at radius 2 is 1.42 bits per heavy atom. The Kier molecular flexibility index (Phi) is 7.61. The van der Waals surface area contributed by atoms with Gasteiger partial charge in [0.15, 0.2) is 0 Å². The summed E-state index contributed by atoms with van der Waals surface area (Å²) in [5, 5.41) is 8.65. The minimum Gasteiger partial charge on any atom is -0.497 e. The number of hydrogen-bond donors (Lipinski definition) is 1. The molecule has 0 spiro atoms. The first kappa shape index (κ1) is 16.7. The Bertz CT molecular complexity index is 1000. The van der Waals surface area contributed by atoms with Crippen LogP contribution >= 0.6 is 0 Å². The van der Waals surface area contributed by atoms with Crippen LogP contribution in [0.1, 0.15) is 70.7 Å². The number of hydrogen-bond acceptors (Lipinski definition) is 4. The topological polar surface area (TPSA) is 65.0 Å². The highest BCUT2D eigenvalue weighted by molar-refractivity contribution is 5.71. The third-order valence-electron chi connectivity index (χ3n) is 4.79. The zero-order chi connectivity index (χ0) is 27.3. The second kappa shape index (κ2) is 14.1.